The van der Waals surface area contributed by atoms with Crippen LogP contribution in [0.2, 0.25) is 0 Å². The van der Waals surface area contributed by atoms with E-state index in [1.54, 1.807) is 31.0 Å². The number of hydrogen-bond donors (Lipinski definition) is 1. The number of rotatable bonds is 6. The van der Waals surface area contributed by atoms with Gasteiger partial charge in [-0.15, -0.1) is 0 Å². The third kappa shape index (κ3) is 6.87. The third-order valence-corrected chi connectivity index (χ3v) is 3.76. The van der Waals surface area contributed by atoms with Crippen molar-refractivity contribution in [2.75, 3.05) is 20.1 Å². The standard InChI is InChI=1S/C19H31FN2O2/c1-13(12-22(7)18(23)24-19(4,5)6)11-21-15(3)16-9-8-14(2)17(20)10-16/h8-10,13,15,21H,11-12H2,1-7H3. The van der Waals surface area contributed by atoms with Gasteiger partial charge in [0, 0.05) is 19.6 Å². The quantitative estimate of drug-likeness (QED) is 0.841. The second-order valence-corrected chi connectivity index (χ2v) is 7.60. The number of amides is 1. The molecule has 4 nitrogen and oxygen atoms in total. The van der Waals surface area contributed by atoms with Gasteiger partial charge in [-0.3, -0.25) is 0 Å². The number of carbonyl (C=O) groups is 1. The number of aryl methyl sites for hydroxylation is 1. The molecule has 0 heterocycles. The molecule has 0 aromatic heterocycles. The van der Waals surface area contributed by atoms with Crippen LogP contribution in [0.3, 0.4) is 0 Å². The summed E-state index contributed by atoms with van der Waals surface area (Å²) in [6.07, 6.45) is -0.317. The molecule has 1 rings (SSSR count). The van der Waals surface area contributed by atoms with Crippen LogP contribution in [0.15, 0.2) is 18.2 Å². The van der Waals surface area contributed by atoms with Gasteiger partial charge < -0.3 is 15.0 Å². The molecule has 24 heavy (non-hydrogen) atoms. The van der Waals surface area contributed by atoms with Gasteiger partial charge >= 0.3 is 6.09 Å². The van der Waals surface area contributed by atoms with Crippen LogP contribution >= 0.6 is 0 Å². The van der Waals surface area contributed by atoms with E-state index < -0.39 is 5.60 Å². The Morgan fingerprint density at radius 3 is 2.50 bits per heavy atom. The Bertz CT molecular complexity index is 555. The van der Waals surface area contributed by atoms with E-state index in [0.717, 1.165) is 12.1 Å². The number of nitrogens with one attached hydrogen (secondary N) is 1. The van der Waals surface area contributed by atoms with E-state index in [1.807, 2.05) is 33.8 Å². The lowest BCUT2D eigenvalue weighted by atomic mass is 10.0. The Hall–Kier alpha value is -1.62. The third-order valence-electron chi connectivity index (χ3n) is 3.76. The molecule has 2 unspecified atom stereocenters. The van der Waals surface area contributed by atoms with Crippen LogP contribution in [0.25, 0.3) is 0 Å². The average molecular weight is 338 g/mol. The van der Waals surface area contributed by atoms with Crippen LogP contribution < -0.4 is 5.32 Å². The average Bonchev–Trinajstić information content (AvgIpc) is 2.45. The fourth-order valence-corrected chi connectivity index (χ4v) is 2.32. The van der Waals surface area contributed by atoms with Gasteiger partial charge in [0.1, 0.15) is 11.4 Å². The highest BCUT2D eigenvalue weighted by Crippen LogP contribution is 2.17. The molecule has 0 aliphatic heterocycles. The number of nitrogens with zero attached hydrogens (tertiary/aromatic N) is 1. The molecule has 0 bridgehead atoms. The first kappa shape index (κ1) is 20.4. The zero-order valence-corrected chi connectivity index (χ0v) is 15.9. The lowest BCUT2D eigenvalue weighted by molar-refractivity contribution is 0.0276. The largest absolute Gasteiger partial charge is 0.444 e. The molecule has 0 saturated heterocycles. The Balaban J connectivity index is 2.46. The van der Waals surface area contributed by atoms with E-state index >= 15 is 0 Å². The minimum absolute atomic E-state index is 0.0504. The van der Waals surface area contributed by atoms with Crippen molar-refractivity contribution in [3.63, 3.8) is 0 Å². The predicted octanol–water partition coefficient (Wildman–Crippen LogP) is 4.29. The summed E-state index contributed by atoms with van der Waals surface area (Å²) in [5, 5.41) is 3.39. The second kappa shape index (κ2) is 8.47. The van der Waals surface area contributed by atoms with Crippen LogP contribution in [-0.2, 0) is 4.74 Å². The molecule has 2 atom stereocenters. The second-order valence-electron chi connectivity index (χ2n) is 7.60. The molecular formula is C19H31FN2O2. The van der Waals surface area contributed by atoms with Gasteiger partial charge in [-0.1, -0.05) is 19.1 Å². The van der Waals surface area contributed by atoms with E-state index in [0.29, 0.717) is 12.1 Å². The predicted molar refractivity (Wildman–Crippen MR) is 95.6 cm³/mol. The van der Waals surface area contributed by atoms with Crippen molar-refractivity contribution >= 4 is 6.09 Å². The lowest BCUT2D eigenvalue weighted by Crippen LogP contribution is -2.38. The maximum absolute atomic E-state index is 13.6. The van der Waals surface area contributed by atoms with Gasteiger partial charge in [0.05, 0.1) is 0 Å². The highest BCUT2D eigenvalue weighted by Gasteiger charge is 2.21. The van der Waals surface area contributed by atoms with Gasteiger partial charge in [-0.2, -0.15) is 0 Å². The van der Waals surface area contributed by atoms with Gasteiger partial charge in [-0.25, -0.2) is 9.18 Å². The van der Waals surface area contributed by atoms with E-state index in [-0.39, 0.29) is 23.9 Å². The summed E-state index contributed by atoms with van der Waals surface area (Å²) in [7, 11) is 1.74. The first-order valence-corrected chi connectivity index (χ1v) is 8.43. The molecular weight excluding hydrogens is 307 g/mol. The van der Waals surface area contributed by atoms with Crippen molar-refractivity contribution in [2.24, 2.45) is 5.92 Å². The monoisotopic (exact) mass is 338 g/mol. The minimum Gasteiger partial charge on any atom is -0.444 e. The van der Waals surface area contributed by atoms with E-state index in [4.69, 9.17) is 4.74 Å². The van der Waals surface area contributed by atoms with Crippen molar-refractivity contribution < 1.29 is 13.9 Å². The number of halogens is 1. The van der Waals surface area contributed by atoms with E-state index in [9.17, 15) is 9.18 Å². The molecule has 1 amide bonds. The van der Waals surface area contributed by atoms with Gasteiger partial charge in [0.25, 0.3) is 0 Å². The van der Waals surface area contributed by atoms with Crippen molar-refractivity contribution in [3.8, 4) is 0 Å². The van der Waals surface area contributed by atoms with Gasteiger partial charge in [0.15, 0.2) is 0 Å². The summed E-state index contributed by atoms with van der Waals surface area (Å²) in [6, 6.07) is 5.36. The summed E-state index contributed by atoms with van der Waals surface area (Å²) >= 11 is 0. The molecule has 0 saturated carbocycles. The Morgan fingerprint density at radius 1 is 1.33 bits per heavy atom. The molecule has 0 spiro atoms. The van der Waals surface area contributed by atoms with Crippen LogP contribution in [0.4, 0.5) is 9.18 Å². The maximum atomic E-state index is 13.6. The first-order valence-electron chi connectivity index (χ1n) is 8.43. The number of ether oxygens (including phenoxy) is 1. The molecule has 1 N–H and O–H groups in total. The topological polar surface area (TPSA) is 41.6 Å². The Kier molecular flexibility index (Phi) is 7.21. The maximum Gasteiger partial charge on any atom is 0.410 e. The van der Waals surface area contributed by atoms with Gasteiger partial charge in [-0.05, 0) is 64.3 Å². The highest BCUT2D eigenvalue weighted by molar-refractivity contribution is 5.67. The summed E-state index contributed by atoms with van der Waals surface area (Å²) < 4.78 is 19.0. The highest BCUT2D eigenvalue weighted by atomic mass is 19.1. The van der Waals surface area contributed by atoms with Crippen LogP contribution in [0.1, 0.15) is 51.8 Å². The molecule has 1 aromatic carbocycles. The molecule has 1 aromatic rings. The van der Waals surface area contributed by atoms with Crippen molar-refractivity contribution in [1.29, 1.82) is 0 Å². The number of benzene rings is 1. The minimum atomic E-state index is -0.489. The molecule has 0 radical (unpaired) electrons. The van der Waals surface area contributed by atoms with Crippen LogP contribution in [-0.4, -0.2) is 36.7 Å². The summed E-state index contributed by atoms with van der Waals surface area (Å²) in [5.74, 6) is 0.0686. The molecule has 0 aliphatic rings. The van der Waals surface area contributed by atoms with Crippen LogP contribution in [0.5, 0.6) is 0 Å². The fourth-order valence-electron chi connectivity index (χ4n) is 2.32. The number of hydrogen-bond acceptors (Lipinski definition) is 3. The normalized spacial score (nSPS) is 14.2. The Morgan fingerprint density at radius 2 is 1.96 bits per heavy atom. The molecule has 0 aliphatic carbocycles. The smallest absolute Gasteiger partial charge is 0.410 e. The van der Waals surface area contributed by atoms with Gasteiger partial charge in [0.2, 0.25) is 0 Å². The van der Waals surface area contributed by atoms with E-state index in [1.165, 1.54) is 0 Å². The number of carbonyl (C=O) groups excluding carboxylic acids is 1. The summed E-state index contributed by atoms with van der Waals surface area (Å²) in [6.45, 7) is 12.7. The SMILES string of the molecule is Cc1ccc(C(C)NCC(C)CN(C)C(=O)OC(C)(C)C)cc1F. The zero-order chi connectivity index (χ0) is 18.5. The Labute approximate surface area is 145 Å². The lowest BCUT2D eigenvalue weighted by Gasteiger charge is -2.27. The van der Waals surface area contributed by atoms with Crippen molar-refractivity contribution in [1.82, 2.24) is 10.2 Å². The molecule has 0 fully saturated rings. The summed E-state index contributed by atoms with van der Waals surface area (Å²) in [5.41, 5.74) is 1.08. The van der Waals surface area contributed by atoms with Crippen LogP contribution in [0, 0.1) is 18.7 Å². The van der Waals surface area contributed by atoms with E-state index in [2.05, 4.69) is 12.2 Å². The van der Waals surface area contributed by atoms with Crippen molar-refractivity contribution in [2.45, 2.75) is 53.2 Å². The summed E-state index contributed by atoms with van der Waals surface area (Å²) in [4.78, 5) is 13.6. The first-order chi connectivity index (χ1) is 11.0. The molecule has 136 valence electrons. The fraction of sp³-hybridized carbons (Fsp3) is 0.632. The molecule has 5 heteroatoms. The zero-order valence-electron chi connectivity index (χ0n) is 15.9. The van der Waals surface area contributed by atoms with Crippen molar-refractivity contribution in [3.05, 3.63) is 35.1 Å².